The molecule has 3 aromatic carbocycles. The highest BCUT2D eigenvalue weighted by Gasteiger charge is 2.16. The zero-order valence-corrected chi connectivity index (χ0v) is 21.1. The second-order valence-electron chi connectivity index (χ2n) is 8.78. The molecule has 0 saturated heterocycles. The highest BCUT2D eigenvalue weighted by atomic mass is 35.5. The molecule has 0 radical (unpaired) electrons. The van der Waals surface area contributed by atoms with Crippen LogP contribution < -0.4 is 15.4 Å². The van der Waals surface area contributed by atoms with Crippen molar-refractivity contribution in [2.75, 3.05) is 31.8 Å². The molecule has 0 spiro atoms. The maximum absolute atomic E-state index is 6.46. The standard InChI is InChI=1S/C29H26ClN5O/c1-35(2)23-10-7-18(8-11-23)26-16-21(27-28(31)32-17-33-29(27)34-26)13-20-14-22(30)9-12-25(20)19-5-4-6-24(15-19)36-3/h4-12,14-17H,13H2,1-3H3,(H2,31,32,33,34). The number of anilines is 2. The summed E-state index contributed by atoms with van der Waals surface area (Å²) in [5, 5.41) is 1.42. The van der Waals surface area contributed by atoms with Crippen molar-refractivity contribution in [3.8, 4) is 28.1 Å². The van der Waals surface area contributed by atoms with Gasteiger partial charge in [0.05, 0.1) is 18.2 Å². The first-order chi connectivity index (χ1) is 17.4. The van der Waals surface area contributed by atoms with Crippen LogP contribution in [0.3, 0.4) is 0 Å². The van der Waals surface area contributed by atoms with E-state index < -0.39 is 0 Å². The third kappa shape index (κ3) is 4.68. The van der Waals surface area contributed by atoms with Gasteiger partial charge in [0.25, 0.3) is 0 Å². The Hall–Kier alpha value is -4.16. The van der Waals surface area contributed by atoms with E-state index >= 15 is 0 Å². The normalized spacial score (nSPS) is 11.0. The zero-order valence-electron chi connectivity index (χ0n) is 20.4. The summed E-state index contributed by atoms with van der Waals surface area (Å²) in [5.74, 6) is 1.20. The number of hydrogen-bond donors (Lipinski definition) is 1. The lowest BCUT2D eigenvalue weighted by Gasteiger charge is -2.15. The molecule has 6 nitrogen and oxygen atoms in total. The van der Waals surface area contributed by atoms with E-state index in [1.807, 2.05) is 50.5 Å². The molecule has 36 heavy (non-hydrogen) atoms. The van der Waals surface area contributed by atoms with Crippen LogP contribution >= 0.6 is 11.6 Å². The highest BCUT2D eigenvalue weighted by Crippen LogP contribution is 2.34. The number of methoxy groups -OCH3 is 1. The average molecular weight is 496 g/mol. The SMILES string of the molecule is COc1cccc(-c2ccc(Cl)cc2Cc2cc(-c3ccc(N(C)C)cc3)nc3ncnc(N)c23)c1. The van der Waals surface area contributed by atoms with E-state index in [2.05, 4.69) is 51.3 Å². The van der Waals surface area contributed by atoms with Gasteiger partial charge in [-0.3, -0.25) is 0 Å². The first kappa shape index (κ1) is 23.6. The molecule has 5 rings (SSSR count). The van der Waals surface area contributed by atoms with Crippen LogP contribution in [0.2, 0.25) is 5.02 Å². The van der Waals surface area contributed by atoms with E-state index in [1.165, 1.54) is 6.33 Å². The van der Waals surface area contributed by atoms with E-state index in [9.17, 15) is 0 Å². The monoisotopic (exact) mass is 495 g/mol. The van der Waals surface area contributed by atoms with Gasteiger partial charge in [-0.05, 0) is 71.1 Å². The molecule has 2 N–H and O–H groups in total. The third-order valence-electron chi connectivity index (χ3n) is 6.22. The lowest BCUT2D eigenvalue weighted by Crippen LogP contribution is -2.08. The maximum atomic E-state index is 6.46. The van der Waals surface area contributed by atoms with Gasteiger partial charge in [0, 0.05) is 30.4 Å². The Morgan fingerprint density at radius 1 is 0.889 bits per heavy atom. The fraction of sp³-hybridized carbons (Fsp3) is 0.138. The lowest BCUT2D eigenvalue weighted by atomic mass is 9.93. The fourth-order valence-electron chi connectivity index (χ4n) is 4.37. The van der Waals surface area contributed by atoms with Gasteiger partial charge in [0.2, 0.25) is 0 Å². The van der Waals surface area contributed by atoms with Crippen molar-refractivity contribution >= 4 is 34.1 Å². The van der Waals surface area contributed by atoms with Gasteiger partial charge in [-0.15, -0.1) is 0 Å². The van der Waals surface area contributed by atoms with E-state index in [4.69, 9.17) is 27.1 Å². The zero-order chi connectivity index (χ0) is 25.2. The number of nitrogens with zero attached hydrogens (tertiary/aromatic N) is 4. The summed E-state index contributed by atoms with van der Waals surface area (Å²) in [6.45, 7) is 0. The summed E-state index contributed by atoms with van der Waals surface area (Å²) in [6, 6.07) is 24.3. The Balaban J connectivity index is 1.65. The quantitative estimate of drug-likeness (QED) is 0.299. The van der Waals surface area contributed by atoms with Crippen LogP contribution in [0.4, 0.5) is 11.5 Å². The van der Waals surface area contributed by atoms with Crippen molar-refractivity contribution in [2.24, 2.45) is 0 Å². The van der Waals surface area contributed by atoms with Crippen molar-refractivity contribution < 1.29 is 4.74 Å². The van der Waals surface area contributed by atoms with Gasteiger partial charge >= 0.3 is 0 Å². The Morgan fingerprint density at radius 3 is 2.44 bits per heavy atom. The first-order valence-electron chi connectivity index (χ1n) is 11.5. The molecule has 5 aromatic rings. The van der Waals surface area contributed by atoms with Crippen molar-refractivity contribution in [1.82, 2.24) is 15.0 Å². The van der Waals surface area contributed by atoms with Crippen LogP contribution in [0.1, 0.15) is 11.1 Å². The minimum Gasteiger partial charge on any atom is -0.497 e. The Labute approximate surface area is 215 Å². The maximum Gasteiger partial charge on any atom is 0.165 e. The van der Waals surface area contributed by atoms with Crippen molar-refractivity contribution in [3.63, 3.8) is 0 Å². The number of rotatable bonds is 6. The molecule has 0 bridgehead atoms. The van der Waals surface area contributed by atoms with Crippen LogP contribution in [0, 0.1) is 0 Å². The van der Waals surface area contributed by atoms with Gasteiger partial charge < -0.3 is 15.4 Å². The molecule has 2 aromatic heterocycles. The Bertz CT molecular complexity index is 1550. The predicted molar refractivity (Wildman–Crippen MR) is 148 cm³/mol. The average Bonchev–Trinajstić information content (AvgIpc) is 2.89. The highest BCUT2D eigenvalue weighted by molar-refractivity contribution is 6.30. The third-order valence-corrected chi connectivity index (χ3v) is 6.46. The van der Waals surface area contributed by atoms with Crippen LogP contribution in [0.25, 0.3) is 33.4 Å². The lowest BCUT2D eigenvalue weighted by molar-refractivity contribution is 0.415. The van der Waals surface area contributed by atoms with Gasteiger partial charge in [-0.2, -0.15) is 0 Å². The number of hydrogen-bond acceptors (Lipinski definition) is 6. The minimum absolute atomic E-state index is 0.405. The smallest absolute Gasteiger partial charge is 0.165 e. The predicted octanol–water partition coefficient (Wildman–Crippen LogP) is 6.26. The number of fused-ring (bicyclic) bond motifs is 1. The topological polar surface area (TPSA) is 77.2 Å². The minimum atomic E-state index is 0.405. The van der Waals surface area contributed by atoms with Crippen molar-refractivity contribution in [2.45, 2.75) is 6.42 Å². The summed E-state index contributed by atoms with van der Waals surface area (Å²) in [5.41, 5.74) is 14.0. The molecule has 2 heterocycles. The molecule has 7 heteroatoms. The number of aromatic nitrogens is 3. The molecule has 0 amide bonds. The van der Waals surface area contributed by atoms with Crippen LogP contribution in [0.5, 0.6) is 5.75 Å². The number of nitrogen functional groups attached to an aromatic ring is 1. The molecule has 0 atom stereocenters. The summed E-state index contributed by atoms with van der Waals surface area (Å²) >= 11 is 6.46. The van der Waals surface area contributed by atoms with Crippen LogP contribution in [-0.4, -0.2) is 36.2 Å². The largest absolute Gasteiger partial charge is 0.497 e. The molecule has 0 aliphatic rings. The first-order valence-corrected chi connectivity index (χ1v) is 11.9. The van der Waals surface area contributed by atoms with Crippen LogP contribution in [0.15, 0.2) is 79.1 Å². The summed E-state index contributed by atoms with van der Waals surface area (Å²) in [4.78, 5) is 15.6. The molecular formula is C29H26ClN5O. The summed E-state index contributed by atoms with van der Waals surface area (Å²) in [6.07, 6.45) is 2.03. The number of nitrogens with two attached hydrogens (primary N) is 1. The fourth-order valence-corrected chi connectivity index (χ4v) is 4.56. The number of ether oxygens (including phenoxy) is 1. The molecule has 0 aliphatic carbocycles. The number of benzene rings is 3. The second kappa shape index (κ2) is 9.84. The molecule has 0 fully saturated rings. The molecule has 0 aliphatic heterocycles. The van der Waals surface area contributed by atoms with E-state index in [0.29, 0.717) is 22.9 Å². The van der Waals surface area contributed by atoms with Crippen molar-refractivity contribution in [1.29, 1.82) is 0 Å². The Kier molecular flexibility index (Phi) is 6.44. The van der Waals surface area contributed by atoms with Gasteiger partial charge in [-0.25, -0.2) is 15.0 Å². The number of halogens is 1. The van der Waals surface area contributed by atoms with Crippen LogP contribution in [-0.2, 0) is 6.42 Å². The van der Waals surface area contributed by atoms with E-state index in [0.717, 1.165) is 50.3 Å². The molecule has 0 unspecified atom stereocenters. The van der Waals surface area contributed by atoms with Gasteiger partial charge in [0.15, 0.2) is 5.65 Å². The second-order valence-corrected chi connectivity index (χ2v) is 9.21. The van der Waals surface area contributed by atoms with E-state index in [-0.39, 0.29) is 0 Å². The van der Waals surface area contributed by atoms with Gasteiger partial charge in [0.1, 0.15) is 17.9 Å². The van der Waals surface area contributed by atoms with Crippen molar-refractivity contribution in [3.05, 3.63) is 95.3 Å². The molecule has 180 valence electrons. The summed E-state index contributed by atoms with van der Waals surface area (Å²) in [7, 11) is 5.71. The number of pyridine rings is 1. The Morgan fingerprint density at radius 2 is 1.69 bits per heavy atom. The molecule has 0 saturated carbocycles. The van der Waals surface area contributed by atoms with Gasteiger partial charge in [-0.1, -0.05) is 41.9 Å². The molecular weight excluding hydrogens is 470 g/mol. The van der Waals surface area contributed by atoms with E-state index in [1.54, 1.807) is 7.11 Å². The summed E-state index contributed by atoms with van der Waals surface area (Å²) < 4.78 is 5.45.